The average Bonchev–Trinajstić information content (AvgIpc) is 2.98. The number of halogens is 2. The Morgan fingerprint density at radius 2 is 2.17 bits per heavy atom. The minimum atomic E-state index is -0.857. The molecule has 0 saturated carbocycles. The van der Waals surface area contributed by atoms with Crippen molar-refractivity contribution < 1.29 is 22.8 Å². The number of rotatable bonds is 4. The Bertz CT molecular complexity index is 715. The molecule has 2 heterocycles. The van der Waals surface area contributed by atoms with Crippen LogP contribution in [0.2, 0.25) is 0 Å². The fraction of sp³-hybridized carbons (Fsp3) is 0.438. The van der Waals surface area contributed by atoms with Gasteiger partial charge in [-0.25, -0.2) is 8.78 Å². The summed E-state index contributed by atoms with van der Waals surface area (Å²) in [6, 6.07) is 3.38. The smallest absolute Gasteiger partial charge is 0.259 e. The predicted molar refractivity (Wildman–Crippen MR) is 79.1 cm³/mol. The normalized spacial score (nSPS) is 18.0. The summed E-state index contributed by atoms with van der Waals surface area (Å²) in [6.45, 7) is 2.55. The van der Waals surface area contributed by atoms with Crippen LogP contribution in [0, 0.1) is 18.6 Å². The summed E-state index contributed by atoms with van der Waals surface area (Å²) in [5.41, 5.74) is -0.523. The summed E-state index contributed by atoms with van der Waals surface area (Å²) < 4.78 is 38.2. The van der Waals surface area contributed by atoms with Gasteiger partial charge in [0.15, 0.2) is 5.82 Å². The molecule has 0 bridgehead atoms. The van der Waals surface area contributed by atoms with Crippen LogP contribution in [-0.2, 0) is 11.3 Å². The summed E-state index contributed by atoms with van der Waals surface area (Å²) in [6.07, 6.45) is 1.19. The van der Waals surface area contributed by atoms with Crippen molar-refractivity contribution in [3.05, 3.63) is 47.1 Å². The minimum Gasteiger partial charge on any atom is -0.367 e. The fourth-order valence-electron chi connectivity index (χ4n) is 2.71. The van der Waals surface area contributed by atoms with Gasteiger partial charge in [0.25, 0.3) is 11.8 Å². The largest absolute Gasteiger partial charge is 0.367 e. The number of carbonyl (C=O) groups excluding carboxylic acids is 1. The first-order chi connectivity index (χ1) is 11.5. The number of hydrogen-bond acceptors (Lipinski definition) is 5. The third-order valence-electron chi connectivity index (χ3n) is 3.85. The Balaban J connectivity index is 1.63. The highest BCUT2D eigenvalue weighted by Gasteiger charge is 2.28. The first-order valence-electron chi connectivity index (χ1n) is 7.68. The number of likely N-dealkylation sites (tertiary alicyclic amines) is 1. The maximum Gasteiger partial charge on any atom is 0.259 e. The topological polar surface area (TPSA) is 68.5 Å². The van der Waals surface area contributed by atoms with Crippen molar-refractivity contribution in [3.63, 3.8) is 0 Å². The number of aromatic nitrogens is 2. The molecule has 0 spiro atoms. The number of nitrogens with zero attached hydrogens (tertiary/aromatic N) is 3. The quantitative estimate of drug-likeness (QED) is 0.857. The van der Waals surface area contributed by atoms with Crippen molar-refractivity contribution in [2.24, 2.45) is 0 Å². The number of amides is 1. The highest BCUT2D eigenvalue weighted by Crippen LogP contribution is 2.20. The highest BCUT2D eigenvalue weighted by atomic mass is 19.1. The molecule has 6 nitrogen and oxygen atoms in total. The van der Waals surface area contributed by atoms with Gasteiger partial charge in [-0.3, -0.25) is 4.79 Å². The lowest BCUT2D eigenvalue weighted by molar-refractivity contribution is -0.0155. The number of ether oxygens (including phenoxy) is 1. The van der Waals surface area contributed by atoms with E-state index >= 15 is 0 Å². The summed E-state index contributed by atoms with van der Waals surface area (Å²) in [7, 11) is 0. The highest BCUT2D eigenvalue weighted by molar-refractivity contribution is 5.94. The summed E-state index contributed by atoms with van der Waals surface area (Å²) >= 11 is 0. The molecule has 1 aliphatic rings. The number of benzene rings is 1. The molecule has 1 aromatic heterocycles. The van der Waals surface area contributed by atoms with E-state index in [0.717, 1.165) is 18.6 Å². The number of piperidine rings is 1. The van der Waals surface area contributed by atoms with Gasteiger partial charge in [0.05, 0.1) is 6.10 Å². The van der Waals surface area contributed by atoms with Crippen LogP contribution in [0.25, 0.3) is 0 Å². The van der Waals surface area contributed by atoms with Crippen molar-refractivity contribution in [1.29, 1.82) is 0 Å². The maximum absolute atomic E-state index is 13.8. The van der Waals surface area contributed by atoms with E-state index < -0.39 is 23.1 Å². The van der Waals surface area contributed by atoms with E-state index in [1.807, 2.05) is 0 Å². The molecule has 1 amide bonds. The van der Waals surface area contributed by atoms with E-state index in [4.69, 9.17) is 9.26 Å². The van der Waals surface area contributed by atoms with Crippen LogP contribution in [0.1, 0.15) is 34.9 Å². The van der Waals surface area contributed by atoms with E-state index in [9.17, 15) is 13.6 Å². The molecule has 1 saturated heterocycles. The number of aryl methyl sites for hydroxylation is 1. The molecule has 0 unspecified atom stereocenters. The molecule has 2 aromatic rings. The second kappa shape index (κ2) is 7.04. The van der Waals surface area contributed by atoms with Crippen LogP contribution in [0.4, 0.5) is 8.78 Å². The van der Waals surface area contributed by atoms with Gasteiger partial charge in [-0.15, -0.1) is 0 Å². The average molecular weight is 337 g/mol. The lowest BCUT2D eigenvalue weighted by atomic mass is 10.1. The maximum atomic E-state index is 13.8. The van der Waals surface area contributed by atoms with Gasteiger partial charge < -0.3 is 14.2 Å². The van der Waals surface area contributed by atoms with Crippen molar-refractivity contribution in [1.82, 2.24) is 15.0 Å². The van der Waals surface area contributed by atoms with Crippen molar-refractivity contribution in [2.75, 3.05) is 13.1 Å². The van der Waals surface area contributed by atoms with Gasteiger partial charge in [-0.05, 0) is 31.9 Å². The second-order valence-corrected chi connectivity index (χ2v) is 5.66. The zero-order valence-electron chi connectivity index (χ0n) is 13.2. The van der Waals surface area contributed by atoms with Crippen molar-refractivity contribution in [2.45, 2.75) is 32.5 Å². The van der Waals surface area contributed by atoms with Crippen molar-refractivity contribution >= 4 is 5.91 Å². The molecule has 24 heavy (non-hydrogen) atoms. The van der Waals surface area contributed by atoms with Crippen molar-refractivity contribution in [3.8, 4) is 0 Å². The van der Waals surface area contributed by atoms with Crippen LogP contribution in [-0.4, -0.2) is 40.1 Å². The molecule has 1 atom stereocenters. The van der Waals surface area contributed by atoms with Crippen LogP contribution in [0.3, 0.4) is 0 Å². The van der Waals surface area contributed by atoms with Crippen LogP contribution < -0.4 is 0 Å². The number of hydrogen-bond donors (Lipinski definition) is 0. The van der Waals surface area contributed by atoms with Gasteiger partial charge in [0.2, 0.25) is 0 Å². The molecule has 0 radical (unpaired) electrons. The molecule has 1 aromatic carbocycles. The van der Waals surface area contributed by atoms with Gasteiger partial charge in [0.1, 0.15) is 23.8 Å². The molecule has 128 valence electrons. The molecule has 8 heteroatoms. The fourth-order valence-corrected chi connectivity index (χ4v) is 2.71. The van der Waals surface area contributed by atoms with Gasteiger partial charge in [-0.2, -0.15) is 4.98 Å². The lowest BCUT2D eigenvalue weighted by Crippen LogP contribution is -2.43. The van der Waals surface area contributed by atoms with Gasteiger partial charge in [0, 0.05) is 13.1 Å². The predicted octanol–water partition coefficient (Wildman–Crippen LogP) is 2.48. The Labute approximate surface area is 137 Å². The summed E-state index contributed by atoms with van der Waals surface area (Å²) in [4.78, 5) is 17.9. The van der Waals surface area contributed by atoms with Crippen LogP contribution in [0.15, 0.2) is 22.7 Å². The zero-order valence-corrected chi connectivity index (χ0v) is 13.2. The Hall–Kier alpha value is -2.35. The molecular weight excluding hydrogens is 320 g/mol. The minimum absolute atomic E-state index is 0.140. The van der Waals surface area contributed by atoms with Gasteiger partial charge in [-0.1, -0.05) is 11.2 Å². The third-order valence-corrected chi connectivity index (χ3v) is 3.85. The van der Waals surface area contributed by atoms with E-state index in [0.29, 0.717) is 24.7 Å². The monoisotopic (exact) mass is 337 g/mol. The standard InChI is InChI=1S/C16H17F2N3O3/c1-10-19-14(24-20-10)9-23-11-4-3-7-21(8-11)16(22)15-12(17)5-2-6-13(15)18/h2,5-6,11H,3-4,7-9H2,1H3/t11-/m1/s1. The van der Waals surface area contributed by atoms with E-state index in [1.165, 1.54) is 11.0 Å². The first-order valence-corrected chi connectivity index (χ1v) is 7.68. The SMILES string of the molecule is Cc1noc(CO[C@@H]2CCCN(C(=O)c3c(F)cccc3F)C2)n1. The van der Waals surface area contributed by atoms with Gasteiger partial charge >= 0.3 is 0 Å². The Morgan fingerprint density at radius 3 is 2.83 bits per heavy atom. The summed E-state index contributed by atoms with van der Waals surface area (Å²) in [5.74, 6) is -1.50. The molecule has 1 fully saturated rings. The second-order valence-electron chi connectivity index (χ2n) is 5.66. The third kappa shape index (κ3) is 3.59. The first kappa shape index (κ1) is 16.5. The van der Waals surface area contributed by atoms with E-state index in [1.54, 1.807) is 6.92 Å². The lowest BCUT2D eigenvalue weighted by Gasteiger charge is -2.32. The zero-order chi connectivity index (χ0) is 17.1. The van der Waals surface area contributed by atoms with Crippen LogP contribution in [0.5, 0.6) is 0 Å². The molecule has 1 aliphatic heterocycles. The summed E-state index contributed by atoms with van der Waals surface area (Å²) in [5, 5.41) is 3.67. The molecule has 3 rings (SSSR count). The molecule has 0 aliphatic carbocycles. The van der Waals surface area contributed by atoms with Crippen LogP contribution >= 0.6 is 0 Å². The number of carbonyl (C=O) groups is 1. The molecule has 0 N–H and O–H groups in total. The van der Waals surface area contributed by atoms with E-state index in [2.05, 4.69) is 10.1 Å². The Morgan fingerprint density at radius 1 is 1.42 bits per heavy atom. The van der Waals surface area contributed by atoms with E-state index in [-0.39, 0.29) is 19.3 Å². The molecular formula is C16H17F2N3O3. The Kier molecular flexibility index (Phi) is 4.84.